The first-order valence-corrected chi connectivity index (χ1v) is 10.2. The van der Waals surface area contributed by atoms with Crippen molar-refractivity contribution in [3.63, 3.8) is 0 Å². The Morgan fingerprint density at radius 2 is 1.80 bits per heavy atom. The third kappa shape index (κ3) is 4.27. The molecule has 1 aromatic carbocycles. The number of hydrogen-bond donors (Lipinski definition) is 2. The summed E-state index contributed by atoms with van der Waals surface area (Å²) >= 11 is 0. The lowest BCUT2D eigenvalue weighted by molar-refractivity contribution is -0.138. The number of hydrogen-bond acceptors (Lipinski definition) is 5. The summed E-state index contributed by atoms with van der Waals surface area (Å²) in [5.74, 6) is -0.653. The Morgan fingerprint density at radius 3 is 2.47 bits per heavy atom. The normalized spacial score (nSPS) is 15.5. The molecule has 0 aliphatic carbocycles. The molecule has 3 aromatic rings. The van der Waals surface area contributed by atoms with Crippen molar-refractivity contribution in [2.24, 2.45) is 0 Å². The van der Waals surface area contributed by atoms with Crippen molar-refractivity contribution in [2.75, 3.05) is 26.2 Å². The fourth-order valence-corrected chi connectivity index (χ4v) is 4.27. The van der Waals surface area contributed by atoms with Gasteiger partial charge in [-0.3, -0.25) is 14.5 Å². The lowest BCUT2D eigenvalue weighted by Gasteiger charge is -2.31. The molecular formula is C23H25N3O4. The third-order valence-electron chi connectivity index (χ3n) is 5.85. The number of carboxylic acids is 1. The summed E-state index contributed by atoms with van der Waals surface area (Å²) in [5.41, 5.74) is 3.76. The topological polar surface area (TPSA) is 95.7 Å². The monoisotopic (exact) mass is 407 g/mol. The predicted octanol–water partition coefficient (Wildman–Crippen LogP) is 2.52. The van der Waals surface area contributed by atoms with Crippen molar-refractivity contribution >= 4 is 22.8 Å². The Labute approximate surface area is 174 Å². The Kier molecular flexibility index (Phi) is 5.92. The van der Waals surface area contributed by atoms with Crippen LogP contribution in [0.15, 0.2) is 48.8 Å². The number of aliphatic hydroxyl groups is 1. The summed E-state index contributed by atoms with van der Waals surface area (Å²) in [6.07, 6.45) is 5.77. The average molecular weight is 407 g/mol. The average Bonchev–Trinajstić information content (AvgIpc) is 3.17. The number of ketones is 1. The molecule has 0 saturated carbocycles. The van der Waals surface area contributed by atoms with E-state index in [2.05, 4.69) is 21.7 Å². The van der Waals surface area contributed by atoms with E-state index in [9.17, 15) is 9.59 Å². The van der Waals surface area contributed by atoms with E-state index < -0.39 is 12.6 Å². The molecular weight excluding hydrogens is 382 g/mol. The first-order valence-electron chi connectivity index (χ1n) is 10.2. The maximum absolute atomic E-state index is 11.6. The Balaban J connectivity index is 1.51. The number of aliphatic hydroxyl groups excluding tert-OH is 1. The van der Waals surface area contributed by atoms with Crippen molar-refractivity contribution in [3.8, 4) is 0 Å². The molecule has 0 amide bonds. The molecule has 7 nitrogen and oxygen atoms in total. The van der Waals surface area contributed by atoms with Crippen LogP contribution in [0, 0.1) is 0 Å². The second kappa shape index (κ2) is 8.77. The quantitative estimate of drug-likeness (QED) is 0.585. The number of nitrogens with zero attached hydrogens (tertiary/aromatic N) is 3. The third-order valence-corrected chi connectivity index (χ3v) is 5.85. The van der Waals surface area contributed by atoms with Gasteiger partial charge in [-0.15, -0.1) is 0 Å². The minimum atomic E-state index is -0.773. The Bertz CT molecular complexity index is 1050. The van der Waals surface area contributed by atoms with Gasteiger partial charge in [0.25, 0.3) is 0 Å². The van der Waals surface area contributed by atoms with Crippen LogP contribution in [0.2, 0.25) is 0 Å². The smallest absolute Gasteiger partial charge is 0.317 e. The number of Topliss-reactive ketones (excluding diaryl/α,β-unsaturated/α-hetero) is 1. The summed E-state index contributed by atoms with van der Waals surface area (Å²) in [6, 6.07) is 11.5. The summed E-state index contributed by atoms with van der Waals surface area (Å²) in [6.45, 7) is 1.85. The van der Waals surface area contributed by atoms with Crippen LogP contribution in [-0.4, -0.2) is 62.7 Å². The summed E-state index contributed by atoms with van der Waals surface area (Å²) in [4.78, 5) is 29.1. The summed E-state index contributed by atoms with van der Waals surface area (Å²) < 4.78 is 2.10. The molecule has 2 N–H and O–H groups in total. The van der Waals surface area contributed by atoms with Crippen LogP contribution in [0.3, 0.4) is 0 Å². The molecule has 0 unspecified atom stereocenters. The van der Waals surface area contributed by atoms with Gasteiger partial charge in [0.05, 0.1) is 6.54 Å². The number of fused-ring (bicyclic) bond motifs is 1. The molecule has 0 spiro atoms. The first kappa shape index (κ1) is 20.3. The molecule has 4 rings (SSSR count). The highest BCUT2D eigenvalue weighted by Gasteiger charge is 2.23. The molecule has 7 heteroatoms. The fourth-order valence-electron chi connectivity index (χ4n) is 4.27. The van der Waals surface area contributed by atoms with E-state index >= 15 is 0 Å². The van der Waals surface area contributed by atoms with Crippen LogP contribution in [0.5, 0.6) is 0 Å². The SMILES string of the molecule is O=C(O)CN1CCC(c2ccnc3c2ccn3Cc2ccc(C(=O)CO)cc2)CC1. The number of aliphatic carboxylic acids is 1. The van der Waals surface area contributed by atoms with Gasteiger partial charge in [0, 0.05) is 29.9 Å². The Morgan fingerprint density at radius 1 is 1.07 bits per heavy atom. The number of pyridine rings is 1. The van der Waals surface area contributed by atoms with Crippen LogP contribution >= 0.6 is 0 Å². The van der Waals surface area contributed by atoms with Crippen LogP contribution in [0.25, 0.3) is 11.0 Å². The molecule has 1 aliphatic rings. The zero-order valence-corrected chi connectivity index (χ0v) is 16.7. The zero-order chi connectivity index (χ0) is 21.1. The highest BCUT2D eigenvalue weighted by Crippen LogP contribution is 2.33. The van der Waals surface area contributed by atoms with Crippen molar-refractivity contribution in [1.29, 1.82) is 0 Å². The largest absolute Gasteiger partial charge is 0.480 e. The highest BCUT2D eigenvalue weighted by atomic mass is 16.4. The van der Waals surface area contributed by atoms with Crippen LogP contribution in [-0.2, 0) is 11.3 Å². The number of carbonyl (C=O) groups is 2. The van der Waals surface area contributed by atoms with E-state index in [0.717, 1.165) is 42.5 Å². The van der Waals surface area contributed by atoms with E-state index in [0.29, 0.717) is 18.0 Å². The van der Waals surface area contributed by atoms with Gasteiger partial charge in [0.1, 0.15) is 12.3 Å². The minimum absolute atomic E-state index is 0.109. The van der Waals surface area contributed by atoms with Crippen LogP contribution < -0.4 is 0 Å². The number of carbonyl (C=O) groups excluding carboxylic acids is 1. The molecule has 2 aromatic heterocycles. The van der Waals surface area contributed by atoms with E-state index in [1.54, 1.807) is 12.1 Å². The maximum atomic E-state index is 11.6. The number of carboxylic acid groups (broad SMARTS) is 1. The van der Waals surface area contributed by atoms with Gasteiger partial charge in [-0.25, -0.2) is 4.98 Å². The highest BCUT2D eigenvalue weighted by molar-refractivity contribution is 5.96. The predicted molar refractivity (Wildman–Crippen MR) is 113 cm³/mol. The van der Waals surface area contributed by atoms with E-state index in [-0.39, 0.29) is 12.3 Å². The molecule has 156 valence electrons. The number of piperidine rings is 1. The molecule has 0 radical (unpaired) electrons. The molecule has 0 atom stereocenters. The van der Waals surface area contributed by atoms with Gasteiger partial charge < -0.3 is 14.8 Å². The van der Waals surface area contributed by atoms with Crippen molar-refractivity contribution in [1.82, 2.24) is 14.5 Å². The number of rotatable bonds is 7. The zero-order valence-electron chi connectivity index (χ0n) is 16.7. The van der Waals surface area contributed by atoms with Gasteiger partial charge in [-0.2, -0.15) is 0 Å². The van der Waals surface area contributed by atoms with E-state index in [4.69, 9.17) is 10.2 Å². The molecule has 1 saturated heterocycles. The molecule has 3 heterocycles. The number of likely N-dealkylation sites (tertiary alicyclic amines) is 1. The standard InChI is InChI=1S/C23H25N3O4/c27-15-21(28)18-3-1-16(2-4-18)13-26-12-8-20-19(5-9-24-23(20)26)17-6-10-25(11-7-17)14-22(29)30/h1-5,8-9,12,17,27H,6-7,10-11,13-15H2,(H,29,30). The van der Waals surface area contributed by atoms with E-state index in [1.807, 2.05) is 29.4 Å². The van der Waals surface area contributed by atoms with Crippen LogP contribution in [0.4, 0.5) is 0 Å². The minimum Gasteiger partial charge on any atom is -0.480 e. The van der Waals surface area contributed by atoms with Crippen molar-refractivity contribution < 1.29 is 19.8 Å². The second-order valence-electron chi connectivity index (χ2n) is 7.80. The second-order valence-corrected chi connectivity index (χ2v) is 7.80. The summed E-state index contributed by atoms with van der Waals surface area (Å²) in [5, 5.41) is 19.1. The van der Waals surface area contributed by atoms with Gasteiger partial charge in [0.2, 0.25) is 0 Å². The van der Waals surface area contributed by atoms with Gasteiger partial charge in [0.15, 0.2) is 5.78 Å². The fraction of sp³-hybridized carbons (Fsp3) is 0.348. The van der Waals surface area contributed by atoms with Crippen molar-refractivity contribution in [2.45, 2.75) is 25.3 Å². The molecule has 30 heavy (non-hydrogen) atoms. The first-order chi connectivity index (χ1) is 14.5. The van der Waals surface area contributed by atoms with Gasteiger partial charge >= 0.3 is 5.97 Å². The van der Waals surface area contributed by atoms with Crippen molar-refractivity contribution in [3.05, 3.63) is 65.5 Å². The van der Waals surface area contributed by atoms with Gasteiger partial charge in [-0.1, -0.05) is 24.3 Å². The maximum Gasteiger partial charge on any atom is 0.317 e. The van der Waals surface area contributed by atoms with E-state index in [1.165, 1.54) is 5.56 Å². The number of benzene rings is 1. The summed E-state index contributed by atoms with van der Waals surface area (Å²) in [7, 11) is 0. The molecule has 0 bridgehead atoms. The lowest BCUT2D eigenvalue weighted by atomic mass is 9.88. The van der Waals surface area contributed by atoms with Gasteiger partial charge in [-0.05, 0) is 55.1 Å². The van der Waals surface area contributed by atoms with Crippen LogP contribution in [0.1, 0.15) is 40.2 Å². The lowest BCUT2D eigenvalue weighted by Crippen LogP contribution is -2.36. The molecule has 1 fully saturated rings. The Hall–Kier alpha value is -3.03. The molecule has 1 aliphatic heterocycles. The number of aromatic nitrogens is 2.